The van der Waals surface area contributed by atoms with Gasteiger partial charge < -0.3 is 10.2 Å². The number of benzene rings is 1. The fraction of sp³-hybridized carbons (Fsp3) is 0.500. The Hall–Kier alpha value is -1.06. The quantitative estimate of drug-likeness (QED) is 0.855. The molecule has 18 heavy (non-hydrogen) atoms. The average Bonchev–Trinajstić information content (AvgIpc) is 2.86. The van der Waals surface area contributed by atoms with Crippen molar-refractivity contribution in [2.45, 2.75) is 26.2 Å². The molecule has 0 aromatic heterocycles. The van der Waals surface area contributed by atoms with Crippen LogP contribution in [-0.2, 0) is 4.79 Å². The summed E-state index contributed by atoms with van der Waals surface area (Å²) >= 11 is 6.02. The standard InChI is InChI=1S/C14H19ClN2O/c1-11-12(15)5-4-6-13(11)16-14(18)7-10-17-8-2-3-9-17/h4-6H,2-3,7-10H2,1H3,(H,16,18)/p+1. The average molecular weight is 268 g/mol. The first-order chi connectivity index (χ1) is 8.66. The van der Waals surface area contributed by atoms with Crippen LogP contribution >= 0.6 is 11.6 Å². The summed E-state index contributed by atoms with van der Waals surface area (Å²) in [4.78, 5) is 13.4. The smallest absolute Gasteiger partial charge is 0.230 e. The molecule has 1 aliphatic rings. The van der Waals surface area contributed by atoms with Crippen LogP contribution in [0.25, 0.3) is 0 Å². The lowest BCUT2D eigenvalue weighted by atomic mass is 10.2. The Morgan fingerprint density at radius 2 is 2.11 bits per heavy atom. The van der Waals surface area contributed by atoms with Gasteiger partial charge in [-0.15, -0.1) is 0 Å². The highest BCUT2D eigenvalue weighted by Crippen LogP contribution is 2.22. The van der Waals surface area contributed by atoms with Crippen molar-refractivity contribution in [3.63, 3.8) is 0 Å². The van der Waals surface area contributed by atoms with Gasteiger partial charge in [0.15, 0.2) is 0 Å². The maximum absolute atomic E-state index is 11.9. The molecule has 0 spiro atoms. The third-order valence-electron chi connectivity index (χ3n) is 3.56. The Bertz CT molecular complexity index is 428. The Morgan fingerprint density at radius 1 is 1.39 bits per heavy atom. The molecule has 2 N–H and O–H groups in total. The Balaban J connectivity index is 1.84. The van der Waals surface area contributed by atoms with Gasteiger partial charge >= 0.3 is 0 Å². The van der Waals surface area contributed by atoms with Crippen molar-refractivity contribution in [1.29, 1.82) is 0 Å². The van der Waals surface area contributed by atoms with Gasteiger partial charge in [-0.05, 0) is 24.6 Å². The zero-order chi connectivity index (χ0) is 13.0. The minimum Gasteiger partial charge on any atom is -0.334 e. The maximum Gasteiger partial charge on any atom is 0.230 e. The molecule has 3 nitrogen and oxygen atoms in total. The number of carbonyl (C=O) groups excluding carboxylic acids is 1. The van der Waals surface area contributed by atoms with Crippen LogP contribution in [0.15, 0.2) is 18.2 Å². The van der Waals surface area contributed by atoms with Gasteiger partial charge in [-0.2, -0.15) is 0 Å². The molecule has 4 heteroatoms. The summed E-state index contributed by atoms with van der Waals surface area (Å²) in [6.45, 7) is 5.28. The van der Waals surface area contributed by atoms with Crippen molar-refractivity contribution in [3.8, 4) is 0 Å². The van der Waals surface area contributed by atoms with Crippen LogP contribution in [0.1, 0.15) is 24.8 Å². The van der Waals surface area contributed by atoms with Crippen LogP contribution in [0.2, 0.25) is 5.02 Å². The number of likely N-dealkylation sites (tertiary alicyclic amines) is 1. The fourth-order valence-electron chi connectivity index (χ4n) is 2.37. The summed E-state index contributed by atoms with van der Waals surface area (Å²) in [5.74, 6) is 0.0831. The van der Waals surface area contributed by atoms with Gasteiger partial charge in [0.25, 0.3) is 0 Å². The maximum atomic E-state index is 11.9. The molecule has 0 unspecified atom stereocenters. The molecule has 0 radical (unpaired) electrons. The lowest BCUT2D eigenvalue weighted by Gasteiger charge is -2.13. The molecule has 98 valence electrons. The largest absolute Gasteiger partial charge is 0.334 e. The number of hydrogen-bond acceptors (Lipinski definition) is 1. The Labute approximate surface area is 113 Å². The Kier molecular flexibility index (Phi) is 4.61. The highest BCUT2D eigenvalue weighted by Gasteiger charge is 2.16. The second kappa shape index (κ2) is 6.21. The number of anilines is 1. The molecule has 1 aromatic rings. The van der Waals surface area contributed by atoms with Crippen LogP contribution < -0.4 is 10.2 Å². The molecule has 1 aliphatic heterocycles. The van der Waals surface area contributed by atoms with Gasteiger partial charge in [-0.3, -0.25) is 4.79 Å². The number of carbonyl (C=O) groups is 1. The van der Waals surface area contributed by atoms with Crippen molar-refractivity contribution in [2.75, 3.05) is 25.0 Å². The van der Waals surface area contributed by atoms with E-state index in [0.717, 1.165) is 17.8 Å². The molecule has 1 aromatic carbocycles. The summed E-state index contributed by atoms with van der Waals surface area (Å²) in [7, 11) is 0. The van der Waals surface area contributed by atoms with Crippen LogP contribution in [-0.4, -0.2) is 25.5 Å². The van der Waals surface area contributed by atoms with Crippen LogP contribution in [0.5, 0.6) is 0 Å². The van der Waals surface area contributed by atoms with E-state index >= 15 is 0 Å². The Morgan fingerprint density at radius 3 is 2.83 bits per heavy atom. The van der Waals surface area contributed by atoms with E-state index in [4.69, 9.17) is 11.6 Å². The van der Waals surface area contributed by atoms with E-state index in [0.29, 0.717) is 11.4 Å². The molecular formula is C14H20ClN2O+. The molecule has 0 aliphatic carbocycles. The monoisotopic (exact) mass is 267 g/mol. The van der Waals surface area contributed by atoms with E-state index < -0.39 is 0 Å². The first-order valence-corrected chi connectivity index (χ1v) is 6.93. The SMILES string of the molecule is Cc1c(Cl)cccc1NC(=O)CC[NH+]1CCCC1. The van der Waals surface area contributed by atoms with Gasteiger partial charge in [-0.25, -0.2) is 0 Å². The van der Waals surface area contributed by atoms with Crippen molar-refractivity contribution < 1.29 is 9.69 Å². The third-order valence-corrected chi connectivity index (χ3v) is 3.97. The van der Waals surface area contributed by atoms with E-state index in [1.165, 1.54) is 25.9 Å². The predicted molar refractivity (Wildman–Crippen MR) is 74.2 cm³/mol. The van der Waals surface area contributed by atoms with Gasteiger partial charge in [0.05, 0.1) is 26.1 Å². The van der Waals surface area contributed by atoms with Crippen molar-refractivity contribution >= 4 is 23.2 Å². The highest BCUT2D eigenvalue weighted by atomic mass is 35.5. The molecule has 1 saturated heterocycles. The van der Waals surface area contributed by atoms with E-state index in [1.54, 1.807) is 4.90 Å². The zero-order valence-electron chi connectivity index (χ0n) is 10.8. The first kappa shape index (κ1) is 13.4. The molecular weight excluding hydrogens is 248 g/mol. The van der Waals surface area contributed by atoms with Crippen LogP contribution in [0, 0.1) is 6.92 Å². The van der Waals surface area contributed by atoms with Gasteiger partial charge in [-0.1, -0.05) is 17.7 Å². The van der Waals surface area contributed by atoms with E-state index in [-0.39, 0.29) is 5.91 Å². The second-order valence-electron chi connectivity index (χ2n) is 4.92. The predicted octanol–water partition coefficient (Wildman–Crippen LogP) is 1.66. The molecule has 0 atom stereocenters. The number of amides is 1. The summed E-state index contributed by atoms with van der Waals surface area (Å²) in [6, 6.07) is 5.58. The van der Waals surface area contributed by atoms with Crippen molar-refractivity contribution in [1.82, 2.24) is 0 Å². The normalized spacial score (nSPS) is 15.9. The highest BCUT2D eigenvalue weighted by molar-refractivity contribution is 6.31. The lowest BCUT2D eigenvalue weighted by Crippen LogP contribution is -3.10. The lowest BCUT2D eigenvalue weighted by molar-refractivity contribution is -0.886. The van der Waals surface area contributed by atoms with Crippen molar-refractivity contribution in [2.24, 2.45) is 0 Å². The molecule has 2 rings (SSSR count). The van der Waals surface area contributed by atoms with Gasteiger partial charge in [0.2, 0.25) is 5.91 Å². The van der Waals surface area contributed by atoms with E-state index in [2.05, 4.69) is 5.32 Å². The summed E-state index contributed by atoms with van der Waals surface area (Å²) in [5, 5.41) is 3.63. The fourth-order valence-corrected chi connectivity index (χ4v) is 2.55. The van der Waals surface area contributed by atoms with Gasteiger partial charge in [0.1, 0.15) is 0 Å². The van der Waals surface area contributed by atoms with Crippen LogP contribution in [0.4, 0.5) is 5.69 Å². The van der Waals surface area contributed by atoms with Crippen LogP contribution in [0.3, 0.4) is 0 Å². The number of quaternary nitrogens is 1. The van der Waals surface area contributed by atoms with E-state index in [9.17, 15) is 4.79 Å². The number of hydrogen-bond donors (Lipinski definition) is 2. The molecule has 1 fully saturated rings. The van der Waals surface area contributed by atoms with Crippen molar-refractivity contribution in [3.05, 3.63) is 28.8 Å². The number of rotatable bonds is 4. The molecule has 1 amide bonds. The first-order valence-electron chi connectivity index (χ1n) is 6.55. The van der Waals surface area contributed by atoms with E-state index in [1.807, 2.05) is 25.1 Å². The molecule has 0 bridgehead atoms. The third kappa shape index (κ3) is 3.47. The topological polar surface area (TPSA) is 33.5 Å². The number of halogens is 1. The summed E-state index contributed by atoms with van der Waals surface area (Å²) in [5.41, 5.74) is 1.75. The molecule has 0 saturated carbocycles. The molecule has 1 heterocycles. The minimum atomic E-state index is 0.0831. The summed E-state index contributed by atoms with van der Waals surface area (Å²) in [6.07, 6.45) is 3.18. The van der Waals surface area contributed by atoms with Gasteiger partial charge in [0, 0.05) is 23.6 Å². The second-order valence-corrected chi connectivity index (χ2v) is 5.32. The minimum absolute atomic E-state index is 0.0831. The zero-order valence-corrected chi connectivity index (χ0v) is 11.5. The number of nitrogens with one attached hydrogen (secondary N) is 2. The summed E-state index contributed by atoms with van der Waals surface area (Å²) < 4.78 is 0.